The Morgan fingerprint density at radius 3 is 1.45 bits per heavy atom. The van der Waals surface area contributed by atoms with Crippen LogP contribution in [-0.4, -0.2) is 89.2 Å². The van der Waals surface area contributed by atoms with Gasteiger partial charge in [-0.15, -0.1) is 0 Å². The number of carboxylic acids is 1. The van der Waals surface area contributed by atoms with Crippen molar-refractivity contribution in [2.75, 3.05) is 13.2 Å². The molecule has 1 aliphatic heterocycles. The molecule has 1 fully saturated rings. The lowest BCUT2D eigenvalue weighted by molar-refractivity contribution is -0.301. The summed E-state index contributed by atoms with van der Waals surface area (Å²) in [4.78, 5) is 50.8. The number of aliphatic hydroxyl groups is 2. The van der Waals surface area contributed by atoms with E-state index in [9.17, 15) is 34.5 Å². The summed E-state index contributed by atoms with van der Waals surface area (Å²) in [6.45, 7) is 5.73. The first-order valence-corrected chi connectivity index (χ1v) is 26.9. The molecule has 0 radical (unpaired) electrons. The van der Waals surface area contributed by atoms with E-state index in [1.807, 2.05) is 0 Å². The molecule has 0 saturated carbocycles. The summed E-state index contributed by atoms with van der Waals surface area (Å²) in [5.74, 6) is -3.17. The van der Waals surface area contributed by atoms with Crippen LogP contribution in [-0.2, 0) is 42.9 Å². The maximum atomic E-state index is 13.0. The van der Waals surface area contributed by atoms with Gasteiger partial charge in [0.1, 0.15) is 18.8 Å². The number of rotatable bonds is 44. The zero-order valence-corrected chi connectivity index (χ0v) is 43.0. The van der Waals surface area contributed by atoms with Gasteiger partial charge in [-0.05, 0) is 83.5 Å². The molecular formula is C57H94O12. The fraction of sp³-hybridized carbons (Fsp3) is 0.719. The van der Waals surface area contributed by atoms with Gasteiger partial charge in [-0.1, -0.05) is 184 Å². The van der Waals surface area contributed by atoms with E-state index in [1.165, 1.54) is 32.1 Å². The maximum absolute atomic E-state index is 13.0. The second-order valence-electron chi connectivity index (χ2n) is 18.1. The van der Waals surface area contributed by atoms with Crippen LogP contribution in [0.3, 0.4) is 0 Å². The summed E-state index contributed by atoms with van der Waals surface area (Å²) in [6, 6.07) is 0. The molecule has 0 aromatic rings. The Morgan fingerprint density at radius 1 is 0.493 bits per heavy atom. The molecule has 0 aliphatic carbocycles. The van der Waals surface area contributed by atoms with Crippen LogP contribution in [0.4, 0.5) is 0 Å². The van der Waals surface area contributed by atoms with Gasteiger partial charge >= 0.3 is 23.9 Å². The van der Waals surface area contributed by atoms with E-state index in [0.29, 0.717) is 19.3 Å². The van der Waals surface area contributed by atoms with Gasteiger partial charge in [-0.25, -0.2) is 4.79 Å². The van der Waals surface area contributed by atoms with E-state index in [0.717, 1.165) is 122 Å². The van der Waals surface area contributed by atoms with Gasteiger partial charge in [0.15, 0.2) is 24.6 Å². The molecule has 6 unspecified atom stereocenters. The van der Waals surface area contributed by atoms with Crippen molar-refractivity contribution >= 4 is 23.9 Å². The van der Waals surface area contributed by atoms with Crippen molar-refractivity contribution in [2.24, 2.45) is 0 Å². The molecule has 3 N–H and O–H groups in total. The third-order valence-electron chi connectivity index (χ3n) is 11.7. The van der Waals surface area contributed by atoms with Crippen molar-refractivity contribution in [3.63, 3.8) is 0 Å². The highest BCUT2D eigenvalue weighted by atomic mass is 16.7. The molecule has 69 heavy (non-hydrogen) atoms. The number of esters is 3. The molecule has 0 spiro atoms. The molecule has 1 rings (SSSR count). The van der Waals surface area contributed by atoms with Crippen molar-refractivity contribution in [1.29, 1.82) is 0 Å². The van der Waals surface area contributed by atoms with Crippen LogP contribution in [0.15, 0.2) is 72.9 Å². The molecule has 394 valence electrons. The number of hydrogen-bond donors (Lipinski definition) is 3. The molecule has 0 bridgehead atoms. The van der Waals surface area contributed by atoms with Crippen LogP contribution in [0.2, 0.25) is 0 Å². The molecular weight excluding hydrogens is 877 g/mol. The lowest BCUT2D eigenvalue weighted by Crippen LogP contribution is -2.61. The minimum absolute atomic E-state index is 0.0404. The summed E-state index contributed by atoms with van der Waals surface area (Å²) in [6.07, 6.45) is 43.2. The third-order valence-corrected chi connectivity index (χ3v) is 11.7. The summed E-state index contributed by atoms with van der Waals surface area (Å²) in [7, 11) is 0. The fourth-order valence-corrected chi connectivity index (χ4v) is 7.63. The van der Waals surface area contributed by atoms with Gasteiger partial charge in [-0.3, -0.25) is 14.4 Å². The Labute approximate surface area is 417 Å². The van der Waals surface area contributed by atoms with Crippen molar-refractivity contribution < 1.29 is 58.2 Å². The number of aliphatic carboxylic acids is 1. The van der Waals surface area contributed by atoms with E-state index < -0.39 is 67.3 Å². The van der Waals surface area contributed by atoms with Crippen LogP contribution in [0, 0.1) is 0 Å². The minimum Gasteiger partial charge on any atom is -0.479 e. The Balaban J connectivity index is 2.71. The second-order valence-corrected chi connectivity index (χ2v) is 18.1. The fourth-order valence-electron chi connectivity index (χ4n) is 7.63. The standard InChI is InChI=1S/C57H94O12/c1-4-7-10-13-16-19-21-23-24-25-26-28-29-32-34-37-40-43-49(58)65-46-48(67-50(59)44-41-38-35-31-18-15-12-9-6-3)47-66-57-55(53(62)52(61)54(69-57)56(63)64)68-51(60)45-42-39-36-33-30-27-22-20-17-14-11-8-5-2/h7,10-11,14,16,19-20,22-24,26,28,48,52-55,57,61-62H,4-6,8-9,12-13,15,17-18,21,25,27,29-47H2,1-3H3,(H,63,64)/b10-7-,14-11-,19-16-,22-20-,24-23-,28-26-. The van der Waals surface area contributed by atoms with E-state index >= 15 is 0 Å². The normalized spacial score (nSPS) is 19.2. The Morgan fingerprint density at radius 2 is 0.942 bits per heavy atom. The second kappa shape index (κ2) is 45.3. The zero-order chi connectivity index (χ0) is 50.4. The number of aliphatic hydroxyl groups excluding tert-OH is 2. The van der Waals surface area contributed by atoms with Crippen LogP contribution in [0.5, 0.6) is 0 Å². The topological polar surface area (TPSA) is 175 Å². The summed E-state index contributed by atoms with van der Waals surface area (Å²) in [5.41, 5.74) is 0. The predicted octanol–water partition coefficient (Wildman–Crippen LogP) is 13.0. The molecule has 1 aliphatic rings. The maximum Gasteiger partial charge on any atom is 0.335 e. The van der Waals surface area contributed by atoms with Gasteiger partial charge in [0.2, 0.25) is 0 Å². The lowest BCUT2D eigenvalue weighted by Gasteiger charge is -2.40. The van der Waals surface area contributed by atoms with Crippen LogP contribution in [0.25, 0.3) is 0 Å². The first-order chi connectivity index (χ1) is 33.6. The first-order valence-electron chi connectivity index (χ1n) is 26.9. The number of carboxylic acid groups (broad SMARTS) is 1. The number of hydrogen-bond acceptors (Lipinski definition) is 11. The van der Waals surface area contributed by atoms with Crippen molar-refractivity contribution in [3.8, 4) is 0 Å². The van der Waals surface area contributed by atoms with Crippen LogP contribution < -0.4 is 0 Å². The summed E-state index contributed by atoms with van der Waals surface area (Å²) < 4.78 is 28.2. The van der Waals surface area contributed by atoms with Crippen LogP contribution >= 0.6 is 0 Å². The van der Waals surface area contributed by atoms with Crippen molar-refractivity contribution in [3.05, 3.63) is 72.9 Å². The first kappa shape index (κ1) is 63.2. The van der Waals surface area contributed by atoms with E-state index in [2.05, 4.69) is 93.7 Å². The number of unbranched alkanes of at least 4 members (excludes halogenated alkanes) is 18. The highest BCUT2D eigenvalue weighted by Crippen LogP contribution is 2.26. The average molecular weight is 971 g/mol. The molecule has 1 heterocycles. The molecule has 0 amide bonds. The number of allylic oxidation sites excluding steroid dienone is 12. The van der Waals surface area contributed by atoms with E-state index in [-0.39, 0.29) is 25.9 Å². The number of carbonyl (C=O) groups is 4. The molecule has 12 heteroatoms. The number of carbonyl (C=O) groups excluding carboxylic acids is 3. The van der Waals surface area contributed by atoms with E-state index in [4.69, 9.17) is 23.7 Å². The minimum atomic E-state index is -1.91. The van der Waals surface area contributed by atoms with E-state index in [1.54, 1.807) is 0 Å². The van der Waals surface area contributed by atoms with Gasteiger partial charge in [0, 0.05) is 19.3 Å². The summed E-state index contributed by atoms with van der Waals surface area (Å²) >= 11 is 0. The van der Waals surface area contributed by atoms with Crippen LogP contribution in [0.1, 0.15) is 213 Å². The lowest BCUT2D eigenvalue weighted by atomic mass is 9.98. The highest BCUT2D eigenvalue weighted by molar-refractivity contribution is 5.74. The van der Waals surface area contributed by atoms with Gasteiger partial charge in [-0.2, -0.15) is 0 Å². The largest absolute Gasteiger partial charge is 0.479 e. The monoisotopic (exact) mass is 971 g/mol. The smallest absolute Gasteiger partial charge is 0.335 e. The molecule has 6 atom stereocenters. The van der Waals surface area contributed by atoms with Gasteiger partial charge in [0.05, 0.1) is 6.61 Å². The Bertz CT molecular complexity index is 1480. The third kappa shape index (κ3) is 35.8. The van der Waals surface area contributed by atoms with Crippen molar-refractivity contribution in [2.45, 2.75) is 250 Å². The van der Waals surface area contributed by atoms with Gasteiger partial charge in [0.25, 0.3) is 0 Å². The SMILES string of the molecule is CC/C=C\C/C=C\C/C=C\C/C=C\CCCCCCC(=O)OCC(COC1OC(C(=O)O)C(O)C(O)C1OC(=O)CCCCCCC/C=C\C/C=C\CCC)OC(=O)CCCCCCCCCCC. The van der Waals surface area contributed by atoms with Gasteiger partial charge < -0.3 is 39.0 Å². The summed E-state index contributed by atoms with van der Waals surface area (Å²) in [5, 5.41) is 31.3. The Hall–Kier alpha value is -3.84. The molecule has 12 nitrogen and oxygen atoms in total. The zero-order valence-electron chi connectivity index (χ0n) is 43.0. The Kier molecular flexibility index (Phi) is 41.5. The molecule has 1 saturated heterocycles. The average Bonchev–Trinajstić information content (AvgIpc) is 3.33. The number of ether oxygens (including phenoxy) is 5. The molecule has 0 aromatic carbocycles. The highest BCUT2D eigenvalue weighted by Gasteiger charge is 2.50. The quantitative estimate of drug-likeness (QED) is 0.0228. The molecule has 0 aromatic heterocycles. The predicted molar refractivity (Wildman–Crippen MR) is 275 cm³/mol. The van der Waals surface area contributed by atoms with Crippen molar-refractivity contribution in [1.82, 2.24) is 0 Å².